The highest BCUT2D eigenvalue weighted by Gasteiger charge is 2.57. The van der Waals surface area contributed by atoms with Gasteiger partial charge in [-0.05, 0) is 67.6 Å². The van der Waals surface area contributed by atoms with Crippen LogP contribution < -0.4 is 0 Å². The highest BCUT2D eigenvalue weighted by molar-refractivity contribution is 6.21. The lowest BCUT2D eigenvalue weighted by Gasteiger charge is -2.62. The molecule has 0 radical (unpaired) electrons. The minimum absolute atomic E-state index is 0.571. The lowest BCUT2D eigenvalue weighted by molar-refractivity contribution is -0.0971. The molecular formula is C12H17Cl. The van der Waals surface area contributed by atoms with Crippen LogP contribution in [0.5, 0.6) is 0 Å². The van der Waals surface area contributed by atoms with E-state index in [-0.39, 0.29) is 0 Å². The molecule has 6 bridgehead atoms. The monoisotopic (exact) mass is 196 g/mol. The molecule has 13 heavy (non-hydrogen) atoms. The van der Waals surface area contributed by atoms with Crippen LogP contribution in [-0.2, 0) is 0 Å². The summed E-state index contributed by atoms with van der Waals surface area (Å²) >= 11 is 6.60. The number of rotatable bonds is 0. The van der Waals surface area contributed by atoms with Crippen molar-refractivity contribution in [1.82, 2.24) is 0 Å². The van der Waals surface area contributed by atoms with E-state index in [9.17, 15) is 0 Å². The first kappa shape index (κ1) is 7.56. The van der Waals surface area contributed by atoms with Crippen molar-refractivity contribution in [1.29, 1.82) is 0 Å². The van der Waals surface area contributed by atoms with Crippen molar-refractivity contribution in [2.75, 3.05) is 0 Å². The quantitative estimate of drug-likeness (QED) is 0.522. The van der Waals surface area contributed by atoms with Crippen molar-refractivity contribution in [2.24, 2.45) is 35.5 Å². The van der Waals surface area contributed by atoms with Crippen LogP contribution in [0.4, 0.5) is 0 Å². The topological polar surface area (TPSA) is 0 Å². The Kier molecular flexibility index (Phi) is 1.32. The van der Waals surface area contributed by atoms with Gasteiger partial charge in [-0.1, -0.05) is 0 Å². The van der Waals surface area contributed by atoms with Crippen LogP contribution in [0, 0.1) is 35.5 Å². The number of hydrogen-bond acceptors (Lipinski definition) is 0. The molecule has 0 aromatic rings. The molecule has 72 valence electrons. The fourth-order valence-corrected chi connectivity index (χ4v) is 5.82. The molecule has 0 N–H and O–H groups in total. The molecule has 0 saturated heterocycles. The van der Waals surface area contributed by atoms with E-state index in [1.807, 2.05) is 0 Å². The Balaban J connectivity index is 1.82. The molecule has 5 aliphatic rings. The molecule has 0 aromatic carbocycles. The van der Waals surface area contributed by atoms with Gasteiger partial charge in [-0.25, -0.2) is 0 Å². The van der Waals surface area contributed by atoms with Crippen LogP contribution in [-0.4, -0.2) is 5.38 Å². The molecule has 5 fully saturated rings. The van der Waals surface area contributed by atoms with Crippen LogP contribution in [0.25, 0.3) is 0 Å². The Hall–Kier alpha value is 0.290. The smallest absolute Gasteiger partial charge is 0.0397 e. The average Bonchev–Trinajstić information content (AvgIpc) is 2.14. The Morgan fingerprint density at radius 2 is 1.08 bits per heavy atom. The molecule has 0 spiro atoms. The van der Waals surface area contributed by atoms with E-state index in [4.69, 9.17) is 11.6 Å². The van der Waals surface area contributed by atoms with E-state index in [0.717, 1.165) is 35.5 Å². The lowest BCUT2D eigenvalue weighted by atomic mass is 9.45. The largest absolute Gasteiger partial charge is 0.122 e. The Bertz CT molecular complexity index is 220. The van der Waals surface area contributed by atoms with Crippen LogP contribution in [0.3, 0.4) is 0 Å². The van der Waals surface area contributed by atoms with E-state index in [1.165, 1.54) is 12.8 Å². The zero-order valence-corrected chi connectivity index (χ0v) is 8.71. The van der Waals surface area contributed by atoms with Gasteiger partial charge in [0, 0.05) is 5.38 Å². The van der Waals surface area contributed by atoms with Gasteiger partial charge >= 0.3 is 0 Å². The van der Waals surface area contributed by atoms with Crippen LogP contribution in [0.1, 0.15) is 32.1 Å². The summed E-state index contributed by atoms with van der Waals surface area (Å²) in [5, 5.41) is 0.571. The van der Waals surface area contributed by atoms with Crippen molar-refractivity contribution in [3.05, 3.63) is 0 Å². The Labute approximate surface area is 85.0 Å². The Morgan fingerprint density at radius 3 is 1.69 bits per heavy atom. The summed E-state index contributed by atoms with van der Waals surface area (Å²) in [6.45, 7) is 0. The van der Waals surface area contributed by atoms with Gasteiger partial charge in [0.05, 0.1) is 0 Å². The summed E-state index contributed by atoms with van der Waals surface area (Å²) in [6, 6.07) is 0. The van der Waals surface area contributed by atoms with Gasteiger partial charge in [-0.2, -0.15) is 0 Å². The molecule has 5 saturated carbocycles. The molecule has 4 unspecified atom stereocenters. The molecule has 4 atom stereocenters. The summed E-state index contributed by atoms with van der Waals surface area (Å²) in [5.41, 5.74) is 0. The molecule has 1 heteroatoms. The molecule has 5 aliphatic carbocycles. The van der Waals surface area contributed by atoms with Gasteiger partial charge < -0.3 is 0 Å². The first-order valence-corrected chi connectivity index (χ1v) is 6.40. The van der Waals surface area contributed by atoms with Crippen molar-refractivity contribution >= 4 is 11.6 Å². The van der Waals surface area contributed by atoms with Crippen LogP contribution in [0.15, 0.2) is 0 Å². The first-order chi connectivity index (χ1) is 6.33. The van der Waals surface area contributed by atoms with E-state index in [0.29, 0.717) is 5.38 Å². The van der Waals surface area contributed by atoms with E-state index >= 15 is 0 Å². The maximum Gasteiger partial charge on any atom is 0.0397 e. The Morgan fingerprint density at radius 1 is 0.615 bits per heavy atom. The molecule has 0 nitrogen and oxygen atoms in total. The van der Waals surface area contributed by atoms with Crippen LogP contribution >= 0.6 is 11.6 Å². The predicted molar refractivity (Wildman–Crippen MR) is 53.7 cm³/mol. The van der Waals surface area contributed by atoms with E-state index in [2.05, 4.69) is 0 Å². The summed E-state index contributed by atoms with van der Waals surface area (Å²) in [4.78, 5) is 0. The average molecular weight is 197 g/mol. The van der Waals surface area contributed by atoms with E-state index in [1.54, 1.807) is 19.3 Å². The van der Waals surface area contributed by atoms with Gasteiger partial charge in [-0.3, -0.25) is 0 Å². The summed E-state index contributed by atoms with van der Waals surface area (Å²) in [5.74, 6) is 6.16. The second-order valence-corrected chi connectivity index (χ2v) is 6.49. The highest BCUT2D eigenvalue weighted by atomic mass is 35.5. The summed E-state index contributed by atoms with van der Waals surface area (Å²) < 4.78 is 0. The number of alkyl halides is 1. The van der Waals surface area contributed by atoms with Gasteiger partial charge in [0.2, 0.25) is 0 Å². The standard InChI is InChI=1S/C12H17Cl/c13-12-10-4-7-5-11(12)9-2-6(7)1-8(10)3-9/h6-12H,1-5H2. The third-order valence-electron chi connectivity index (χ3n) is 5.66. The first-order valence-electron chi connectivity index (χ1n) is 5.97. The third kappa shape index (κ3) is 0.802. The van der Waals surface area contributed by atoms with Gasteiger partial charge in [0.1, 0.15) is 0 Å². The lowest BCUT2D eigenvalue weighted by Crippen LogP contribution is -2.56. The van der Waals surface area contributed by atoms with Gasteiger partial charge in [0.25, 0.3) is 0 Å². The summed E-state index contributed by atoms with van der Waals surface area (Å²) in [7, 11) is 0. The molecule has 5 rings (SSSR count). The third-order valence-corrected chi connectivity index (χ3v) is 6.31. The molecule has 0 amide bonds. The minimum atomic E-state index is 0.571. The zero-order valence-electron chi connectivity index (χ0n) is 7.95. The van der Waals surface area contributed by atoms with Crippen molar-refractivity contribution < 1.29 is 0 Å². The number of halogens is 1. The minimum Gasteiger partial charge on any atom is -0.122 e. The maximum absolute atomic E-state index is 6.60. The van der Waals surface area contributed by atoms with Crippen molar-refractivity contribution in [3.63, 3.8) is 0 Å². The molecule has 0 heterocycles. The van der Waals surface area contributed by atoms with Crippen molar-refractivity contribution in [2.45, 2.75) is 37.5 Å². The van der Waals surface area contributed by atoms with Gasteiger partial charge in [-0.15, -0.1) is 11.6 Å². The van der Waals surface area contributed by atoms with E-state index < -0.39 is 0 Å². The maximum atomic E-state index is 6.60. The van der Waals surface area contributed by atoms with Crippen LogP contribution in [0.2, 0.25) is 0 Å². The normalized spacial score (nSPS) is 67.6. The molecule has 0 aliphatic heterocycles. The fraction of sp³-hybridized carbons (Fsp3) is 1.00. The highest BCUT2D eigenvalue weighted by Crippen LogP contribution is 2.64. The second kappa shape index (κ2) is 2.27. The summed E-state index contributed by atoms with van der Waals surface area (Å²) in [6.07, 6.45) is 7.62. The van der Waals surface area contributed by atoms with Crippen molar-refractivity contribution in [3.8, 4) is 0 Å². The second-order valence-electron chi connectivity index (χ2n) is 5.99. The SMILES string of the molecule is ClC1C2CC3CC1C1CC3CC2C1. The molecule has 0 aromatic heterocycles. The predicted octanol–water partition coefficient (Wildman–Crippen LogP) is 3.30. The molecular weight excluding hydrogens is 180 g/mol. The van der Waals surface area contributed by atoms with Gasteiger partial charge in [0.15, 0.2) is 0 Å². The number of hydrogen-bond donors (Lipinski definition) is 0. The fourth-order valence-electron chi connectivity index (χ4n) is 5.20. The zero-order chi connectivity index (χ0) is 8.58.